The lowest BCUT2D eigenvalue weighted by molar-refractivity contribution is -0.129. The largest absolute Gasteiger partial charge is 0.363 e. The van der Waals surface area contributed by atoms with Crippen LogP contribution < -0.4 is 10.6 Å². The topological polar surface area (TPSA) is 50.4 Å². The molecule has 0 radical (unpaired) electrons. The van der Waals surface area contributed by atoms with Gasteiger partial charge < -0.3 is 15.4 Å². The number of halogens is 2. The molecule has 6 heteroatoms. The molecule has 1 saturated heterocycles. The van der Waals surface area contributed by atoms with Crippen molar-refractivity contribution in [1.82, 2.24) is 10.6 Å². The summed E-state index contributed by atoms with van der Waals surface area (Å²) < 4.78 is 20.1. The fourth-order valence-corrected chi connectivity index (χ4v) is 2.95. The SMILES string of the molecule is CCNC(=O)COC(c1cccc(Cl)c1F)C1CCCNC1. The minimum absolute atomic E-state index is 0.0767. The van der Waals surface area contributed by atoms with Gasteiger partial charge in [-0.1, -0.05) is 23.7 Å². The number of rotatable bonds is 6. The molecule has 22 heavy (non-hydrogen) atoms. The second kappa shape index (κ2) is 8.46. The molecule has 0 saturated carbocycles. The van der Waals surface area contributed by atoms with E-state index >= 15 is 0 Å². The average molecular weight is 329 g/mol. The van der Waals surface area contributed by atoms with Gasteiger partial charge in [-0.2, -0.15) is 0 Å². The van der Waals surface area contributed by atoms with Crippen molar-refractivity contribution in [2.75, 3.05) is 26.2 Å². The van der Waals surface area contributed by atoms with Gasteiger partial charge in [0.15, 0.2) is 0 Å². The Morgan fingerprint density at radius 3 is 3.09 bits per heavy atom. The highest BCUT2D eigenvalue weighted by Crippen LogP contribution is 2.34. The summed E-state index contributed by atoms with van der Waals surface area (Å²) in [5, 5.41) is 6.05. The van der Waals surface area contributed by atoms with Gasteiger partial charge in [0.05, 0.1) is 11.1 Å². The molecule has 1 aliphatic heterocycles. The molecular weight excluding hydrogens is 307 g/mol. The summed E-state index contributed by atoms with van der Waals surface area (Å²) >= 11 is 5.88. The zero-order chi connectivity index (χ0) is 15.9. The number of hydrogen-bond acceptors (Lipinski definition) is 3. The second-order valence-corrected chi connectivity index (χ2v) is 5.84. The smallest absolute Gasteiger partial charge is 0.246 e. The fourth-order valence-electron chi connectivity index (χ4n) is 2.77. The number of likely N-dealkylation sites (N-methyl/N-ethyl adjacent to an activating group) is 1. The summed E-state index contributed by atoms with van der Waals surface area (Å²) in [7, 11) is 0. The minimum atomic E-state index is -0.478. The summed E-state index contributed by atoms with van der Waals surface area (Å²) in [5.41, 5.74) is 0.422. The number of benzene rings is 1. The van der Waals surface area contributed by atoms with Gasteiger partial charge in [0.1, 0.15) is 12.4 Å². The molecule has 1 aromatic rings. The summed E-state index contributed by atoms with van der Waals surface area (Å²) in [6, 6.07) is 4.90. The van der Waals surface area contributed by atoms with Crippen LogP contribution >= 0.6 is 11.6 Å². The molecule has 1 aliphatic rings. The highest BCUT2D eigenvalue weighted by Gasteiger charge is 2.29. The third kappa shape index (κ3) is 4.41. The zero-order valence-corrected chi connectivity index (χ0v) is 13.5. The first-order valence-corrected chi connectivity index (χ1v) is 8.04. The fraction of sp³-hybridized carbons (Fsp3) is 0.562. The normalized spacial score (nSPS) is 19.7. The van der Waals surface area contributed by atoms with Crippen LogP contribution in [-0.2, 0) is 9.53 Å². The average Bonchev–Trinajstić information content (AvgIpc) is 2.53. The summed E-state index contributed by atoms with van der Waals surface area (Å²) in [5.74, 6) is -0.537. The van der Waals surface area contributed by atoms with Crippen LogP contribution in [0, 0.1) is 11.7 Å². The number of nitrogens with one attached hydrogen (secondary N) is 2. The monoisotopic (exact) mass is 328 g/mol. The second-order valence-electron chi connectivity index (χ2n) is 5.43. The first-order chi connectivity index (χ1) is 10.6. The molecule has 2 unspecified atom stereocenters. The van der Waals surface area contributed by atoms with Crippen molar-refractivity contribution in [1.29, 1.82) is 0 Å². The van der Waals surface area contributed by atoms with Crippen molar-refractivity contribution in [3.8, 4) is 0 Å². The lowest BCUT2D eigenvalue weighted by Crippen LogP contribution is -2.36. The van der Waals surface area contributed by atoms with Gasteiger partial charge >= 0.3 is 0 Å². The summed E-state index contributed by atoms with van der Waals surface area (Å²) in [4.78, 5) is 11.6. The van der Waals surface area contributed by atoms with Crippen LogP contribution in [0.4, 0.5) is 4.39 Å². The molecule has 0 bridgehead atoms. The Morgan fingerprint density at radius 2 is 2.41 bits per heavy atom. The van der Waals surface area contributed by atoms with Gasteiger partial charge in [-0.05, 0) is 32.4 Å². The van der Waals surface area contributed by atoms with E-state index in [1.165, 1.54) is 6.07 Å². The van der Waals surface area contributed by atoms with Gasteiger partial charge in [0.2, 0.25) is 5.91 Å². The molecule has 0 spiro atoms. The van der Waals surface area contributed by atoms with Gasteiger partial charge in [0, 0.05) is 24.6 Å². The molecule has 4 nitrogen and oxygen atoms in total. The van der Waals surface area contributed by atoms with Crippen molar-refractivity contribution < 1.29 is 13.9 Å². The van der Waals surface area contributed by atoms with Crippen molar-refractivity contribution in [3.63, 3.8) is 0 Å². The lowest BCUT2D eigenvalue weighted by Gasteiger charge is -2.31. The summed E-state index contributed by atoms with van der Waals surface area (Å²) in [6.45, 7) is 4.00. The van der Waals surface area contributed by atoms with E-state index in [0.717, 1.165) is 25.9 Å². The van der Waals surface area contributed by atoms with Crippen molar-refractivity contribution in [3.05, 3.63) is 34.6 Å². The van der Waals surface area contributed by atoms with Gasteiger partial charge in [-0.3, -0.25) is 4.79 Å². The molecule has 2 rings (SSSR count). The lowest BCUT2D eigenvalue weighted by atomic mass is 9.89. The Morgan fingerprint density at radius 1 is 1.59 bits per heavy atom. The van der Waals surface area contributed by atoms with E-state index in [-0.39, 0.29) is 23.5 Å². The van der Waals surface area contributed by atoms with E-state index in [0.29, 0.717) is 12.1 Å². The number of hydrogen-bond donors (Lipinski definition) is 2. The molecule has 2 atom stereocenters. The maximum Gasteiger partial charge on any atom is 0.246 e. The minimum Gasteiger partial charge on any atom is -0.363 e. The van der Waals surface area contributed by atoms with E-state index < -0.39 is 11.9 Å². The van der Waals surface area contributed by atoms with Crippen molar-refractivity contribution in [2.45, 2.75) is 25.9 Å². The number of carbonyl (C=O) groups is 1. The summed E-state index contributed by atoms with van der Waals surface area (Å²) in [6.07, 6.45) is 1.46. The molecule has 0 aromatic heterocycles. The number of amides is 1. The van der Waals surface area contributed by atoms with E-state index in [9.17, 15) is 9.18 Å². The molecule has 1 fully saturated rings. The van der Waals surface area contributed by atoms with Gasteiger partial charge in [0.25, 0.3) is 0 Å². The highest BCUT2D eigenvalue weighted by molar-refractivity contribution is 6.30. The predicted octanol–water partition coefficient (Wildman–Crippen LogP) is 2.67. The van der Waals surface area contributed by atoms with Crippen LogP contribution in [0.2, 0.25) is 5.02 Å². The standard InChI is InChI=1S/C16H22ClFN2O2/c1-2-20-14(21)10-22-16(11-5-4-8-19-9-11)12-6-3-7-13(17)15(12)18/h3,6-7,11,16,19H,2,4-5,8-10H2,1H3,(H,20,21). The van der Waals surface area contributed by atoms with Crippen LogP contribution in [0.25, 0.3) is 0 Å². The maximum atomic E-state index is 14.3. The Labute approximate surface area is 135 Å². The molecule has 2 N–H and O–H groups in total. The van der Waals surface area contributed by atoms with Gasteiger partial charge in [-0.25, -0.2) is 4.39 Å². The van der Waals surface area contributed by atoms with Crippen LogP contribution in [0.1, 0.15) is 31.4 Å². The van der Waals surface area contributed by atoms with E-state index in [2.05, 4.69) is 10.6 Å². The number of piperidine rings is 1. The first-order valence-electron chi connectivity index (χ1n) is 7.66. The highest BCUT2D eigenvalue weighted by atomic mass is 35.5. The van der Waals surface area contributed by atoms with Crippen LogP contribution in [0.15, 0.2) is 18.2 Å². The Balaban J connectivity index is 2.16. The van der Waals surface area contributed by atoms with Gasteiger partial charge in [-0.15, -0.1) is 0 Å². The van der Waals surface area contributed by atoms with Crippen molar-refractivity contribution in [2.24, 2.45) is 5.92 Å². The third-order valence-electron chi connectivity index (χ3n) is 3.82. The van der Waals surface area contributed by atoms with Crippen LogP contribution in [0.5, 0.6) is 0 Å². The quantitative estimate of drug-likeness (QED) is 0.844. The number of ether oxygens (including phenoxy) is 1. The molecule has 1 heterocycles. The van der Waals surface area contributed by atoms with Crippen LogP contribution in [-0.4, -0.2) is 32.1 Å². The maximum absolute atomic E-state index is 14.3. The Kier molecular flexibility index (Phi) is 6.61. The van der Waals surface area contributed by atoms with Crippen LogP contribution in [0.3, 0.4) is 0 Å². The molecular formula is C16H22ClFN2O2. The Bertz CT molecular complexity index is 507. The Hall–Kier alpha value is -1.17. The molecule has 1 aromatic carbocycles. The van der Waals surface area contributed by atoms with Crippen molar-refractivity contribution >= 4 is 17.5 Å². The molecule has 122 valence electrons. The van der Waals surface area contributed by atoms with E-state index in [1.807, 2.05) is 6.92 Å². The zero-order valence-electron chi connectivity index (χ0n) is 12.7. The van der Waals surface area contributed by atoms with E-state index in [1.54, 1.807) is 12.1 Å². The molecule has 0 aliphatic carbocycles. The van der Waals surface area contributed by atoms with E-state index in [4.69, 9.17) is 16.3 Å². The predicted molar refractivity (Wildman–Crippen MR) is 84.4 cm³/mol. The molecule has 1 amide bonds. The third-order valence-corrected chi connectivity index (χ3v) is 4.11. The first kappa shape index (κ1) is 17.2. The number of carbonyl (C=O) groups excluding carboxylic acids is 1.